The molecule has 1 atom stereocenters. The van der Waals surface area contributed by atoms with Gasteiger partial charge in [-0.1, -0.05) is 60.2 Å². The van der Waals surface area contributed by atoms with E-state index in [0.29, 0.717) is 18.7 Å². The molecule has 1 N–H and O–H groups in total. The first-order valence-electron chi connectivity index (χ1n) is 8.01. The van der Waals surface area contributed by atoms with Crippen molar-refractivity contribution in [3.8, 4) is 0 Å². The Bertz CT molecular complexity index is 680. The Labute approximate surface area is 142 Å². The smallest absolute Gasteiger partial charge is 0.304 e. The number of carbonyl (C=O) groups is 2. The van der Waals surface area contributed by atoms with Crippen molar-refractivity contribution in [3.63, 3.8) is 0 Å². The molecule has 2 aromatic rings. The van der Waals surface area contributed by atoms with E-state index in [0.717, 1.165) is 11.1 Å². The van der Waals surface area contributed by atoms with Crippen LogP contribution < -0.4 is 0 Å². The molecule has 0 saturated heterocycles. The van der Waals surface area contributed by atoms with Gasteiger partial charge < -0.3 is 10.0 Å². The first kappa shape index (κ1) is 17.9. The third-order valence-corrected chi connectivity index (χ3v) is 3.96. The molecule has 0 aliphatic carbocycles. The van der Waals surface area contributed by atoms with E-state index in [1.165, 1.54) is 0 Å². The van der Waals surface area contributed by atoms with Gasteiger partial charge >= 0.3 is 5.97 Å². The lowest BCUT2D eigenvalue weighted by atomic mass is 9.93. The van der Waals surface area contributed by atoms with Crippen molar-refractivity contribution < 1.29 is 14.7 Å². The lowest BCUT2D eigenvalue weighted by molar-refractivity contribution is -0.137. The molecule has 126 valence electrons. The maximum absolute atomic E-state index is 12.7. The Morgan fingerprint density at radius 2 is 1.67 bits per heavy atom. The van der Waals surface area contributed by atoms with Crippen molar-refractivity contribution in [2.75, 3.05) is 13.6 Å². The van der Waals surface area contributed by atoms with E-state index in [2.05, 4.69) is 0 Å². The second-order valence-corrected chi connectivity index (χ2v) is 6.21. The van der Waals surface area contributed by atoms with E-state index in [-0.39, 0.29) is 12.2 Å². The van der Waals surface area contributed by atoms with Gasteiger partial charge in [0.05, 0.1) is 6.42 Å². The first-order chi connectivity index (χ1) is 11.5. The molecule has 2 aromatic carbocycles. The Hall–Kier alpha value is -2.46. The van der Waals surface area contributed by atoms with Gasteiger partial charge in [-0.2, -0.15) is 0 Å². The second kappa shape index (κ2) is 8.41. The Kier molecular flexibility index (Phi) is 6.27. The molecular formula is C20H23NO3. The van der Waals surface area contributed by atoms with Crippen LogP contribution in [-0.2, 0) is 11.3 Å². The summed E-state index contributed by atoms with van der Waals surface area (Å²) in [6.07, 6.45) is -0.161. The highest BCUT2D eigenvalue weighted by atomic mass is 16.4. The molecular weight excluding hydrogens is 302 g/mol. The third-order valence-electron chi connectivity index (χ3n) is 3.96. The van der Waals surface area contributed by atoms with Gasteiger partial charge in [0.2, 0.25) is 0 Å². The first-order valence-corrected chi connectivity index (χ1v) is 8.01. The molecule has 2 rings (SSSR count). The van der Waals surface area contributed by atoms with Crippen LogP contribution in [0.5, 0.6) is 0 Å². The van der Waals surface area contributed by atoms with Crippen LogP contribution in [-0.4, -0.2) is 35.4 Å². The molecule has 0 heterocycles. The maximum Gasteiger partial charge on any atom is 0.304 e. The largest absolute Gasteiger partial charge is 0.481 e. The summed E-state index contributed by atoms with van der Waals surface area (Å²) < 4.78 is 0. The van der Waals surface area contributed by atoms with Gasteiger partial charge in [-0.3, -0.25) is 9.59 Å². The molecule has 4 heteroatoms. The number of hydrogen-bond donors (Lipinski definition) is 1. The number of carbonyl (C=O) groups excluding carboxylic acids is 1. The minimum atomic E-state index is -0.950. The Balaban J connectivity index is 2.08. The third kappa shape index (κ3) is 5.32. The summed E-state index contributed by atoms with van der Waals surface area (Å²) in [6.45, 7) is 3.04. The second-order valence-electron chi connectivity index (χ2n) is 6.21. The van der Waals surface area contributed by atoms with Crippen molar-refractivity contribution in [1.82, 2.24) is 4.90 Å². The molecule has 4 nitrogen and oxygen atoms in total. The summed E-state index contributed by atoms with van der Waals surface area (Å²) in [4.78, 5) is 25.9. The SMILES string of the molecule is Cc1ccc(C(=O)C(CC(=O)O)CN(C)Cc2ccccc2)cc1. The van der Waals surface area contributed by atoms with Gasteiger partial charge in [0.1, 0.15) is 0 Å². The van der Waals surface area contributed by atoms with Gasteiger partial charge in [0.25, 0.3) is 0 Å². The lowest BCUT2D eigenvalue weighted by Crippen LogP contribution is -2.32. The van der Waals surface area contributed by atoms with Crippen molar-refractivity contribution in [2.24, 2.45) is 5.92 Å². The zero-order valence-electron chi connectivity index (χ0n) is 14.1. The normalized spacial score (nSPS) is 12.1. The van der Waals surface area contributed by atoms with Gasteiger partial charge in [-0.25, -0.2) is 0 Å². The molecule has 1 unspecified atom stereocenters. The van der Waals surface area contributed by atoms with E-state index >= 15 is 0 Å². The fraction of sp³-hybridized carbons (Fsp3) is 0.300. The number of nitrogens with zero attached hydrogens (tertiary/aromatic N) is 1. The van der Waals surface area contributed by atoms with Crippen molar-refractivity contribution in [1.29, 1.82) is 0 Å². The molecule has 0 aromatic heterocycles. The van der Waals surface area contributed by atoms with E-state index < -0.39 is 11.9 Å². The van der Waals surface area contributed by atoms with Gasteiger partial charge in [0, 0.05) is 24.6 Å². The number of aliphatic carboxylic acids is 1. The number of hydrogen-bond acceptors (Lipinski definition) is 3. The van der Waals surface area contributed by atoms with Crippen LogP contribution in [0.25, 0.3) is 0 Å². The zero-order valence-corrected chi connectivity index (χ0v) is 14.1. The van der Waals surface area contributed by atoms with Crippen LogP contribution in [0.15, 0.2) is 54.6 Å². The highest BCUT2D eigenvalue weighted by molar-refractivity contribution is 5.99. The minimum absolute atomic E-state index is 0.114. The standard InChI is InChI=1S/C20H23NO3/c1-15-8-10-17(11-9-15)20(24)18(12-19(22)23)14-21(2)13-16-6-4-3-5-7-16/h3-11,18H,12-14H2,1-2H3,(H,22,23). The highest BCUT2D eigenvalue weighted by Crippen LogP contribution is 2.16. The Morgan fingerprint density at radius 1 is 1.04 bits per heavy atom. The van der Waals surface area contributed by atoms with Crippen molar-refractivity contribution in [2.45, 2.75) is 19.9 Å². The number of Topliss-reactive ketones (excluding diaryl/α,β-unsaturated/α-hetero) is 1. The molecule has 0 bridgehead atoms. The van der Waals surface area contributed by atoms with Gasteiger partial charge in [-0.05, 0) is 19.5 Å². The fourth-order valence-corrected chi connectivity index (χ4v) is 2.74. The van der Waals surface area contributed by atoms with Crippen molar-refractivity contribution in [3.05, 3.63) is 71.3 Å². The number of carboxylic acids is 1. The number of aryl methyl sites for hydroxylation is 1. The van der Waals surface area contributed by atoms with Crippen LogP contribution in [0.3, 0.4) is 0 Å². The molecule has 0 saturated carbocycles. The molecule has 0 amide bonds. The highest BCUT2D eigenvalue weighted by Gasteiger charge is 2.24. The van der Waals surface area contributed by atoms with Gasteiger partial charge in [0.15, 0.2) is 5.78 Å². The predicted molar refractivity (Wildman–Crippen MR) is 94.0 cm³/mol. The van der Waals surface area contributed by atoms with Crippen LogP contribution in [0, 0.1) is 12.8 Å². The number of ketones is 1. The van der Waals surface area contributed by atoms with Crippen LogP contribution in [0.1, 0.15) is 27.9 Å². The van der Waals surface area contributed by atoms with E-state index in [9.17, 15) is 9.59 Å². The van der Waals surface area contributed by atoms with Crippen molar-refractivity contribution >= 4 is 11.8 Å². The summed E-state index contributed by atoms with van der Waals surface area (Å²) in [5.41, 5.74) is 2.78. The fourth-order valence-electron chi connectivity index (χ4n) is 2.74. The number of rotatable bonds is 8. The summed E-state index contributed by atoms with van der Waals surface area (Å²) in [5.74, 6) is -1.62. The predicted octanol–water partition coefficient (Wildman–Crippen LogP) is 3.40. The average molecular weight is 325 g/mol. The van der Waals surface area contributed by atoms with E-state index in [1.807, 2.05) is 61.3 Å². The van der Waals surface area contributed by atoms with Crippen LogP contribution >= 0.6 is 0 Å². The van der Waals surface area contributed by atoms with Gasteiger partial charge in [-0.15, -0.1) is 0 Å². The number of carboxylic acid groups (broad SMARTS) is 1. The van der Waals surface area contributed by atoms with Crippen LogP contribution in [0.4, 0.5) is 0 Å². The molecule has 0 fully saturated rings. The molecule has 0 aliphatic rings. The topological polar surface area (TPSA) is 57.6 Å². The maximum atomic E-state index is 12.7. The monoisotopic (exact) mass is 325 g/mol. The number of benzene rings is 2. The summed E-state index contributed by atoms with van der Waals surface area (Å²) in [7, 11) is 1.91. The van der Waals surface area contributed by atoms with E-state index in [4.69, 9.17) is 5.11 Å². The quantitative estimate of drug-likeness (QED) is 0.756. The lowest BCUT2D eigenvalue weighted by Gasteiger charge is -2.22. The average Bonchev–Trinajstić information content (AvgIpc) is 2.55. The Morgan fingerprint density at radius 3 is 2.25 bits per heavy atom. The molecule has 0 radical (unpaired) electrons. The molecule has 0 aliphatic heterocycles. The summed E-state index contributed by atoms with van der Waals surface area (Å²) >= 11 is 0. The van der Waals surface area contributed by atoms with Crippen LogP contribution in [0.2, 0.25) is 0 Å². The molecule has 0 spiro atoms. The molecule has 24 heavy (non-hydrogen) atoms. The summed E-state index contributed by atoms with van der Waals surface area (Å²) in [6, 6.07) is 17.2. The zero-order chi connectivity index (χ0) is 17.5. The summed E-state index contributed by atoms with van der Waals surface area (Å²) in [5, 5.41) is 9.16. The minimum Gasteiger partial charge on any atom is -0.481 e. The van der Waals surface area contributed by atoms with E-state index in [1.54, 1.807) is 12.1 Å².